The van der Waals surface area contributed by atoms with Gasteiger partial charge in [0.1, 0.15) is 5.69 Å². The van der Waals surface area contributed by atoms with Gasteiger partial charge < -0.3 is 4.90 Å². The normalized spacial score (nSPS) is 15.1. The zero-order valence-corrected chi connectivity index (χ0v) is 14.2. The second-order valence-corrected chi connectivity index (χ2v) is 6.51. The van der Waals surface area contributed by atoms with Crippen LogP contribution in [0.25, 0.3) is 22.2 Å². The van der Waals surface area contributed by atoms with Gasteiger partial charge in [-0.2, -0.15) is 0 Å². The molecular weight excluding hydrogens is 310 g/mol. The summed E-state index contributed by atoms with van der Waals surface area (Å²) in [5, 5.41) is 9.64. The molecule has 4 rings (SSSR count). The molecule has 0 N–H and O–H groups in total. The Kier molecular flexibility index (Phi) is 4.42. The molecule has 25 heavy (non-hydrogen) atoms. The van der Waals surface area contributed by atoms with E-state index in [1.807, 2.05) is 59.5 Å². The molecule has 0 spiro atoms. The van der Waals surface area contributed by atoms with Crippen LogP contribution in [0, 0.1) is 0 Å². The molecule has 3 aromatic rings. The molecule has 0 unspecified atom stereocenters. The van der Waals surface area contributed by atoms with Crippen molar-refractivity contribution in [2.75, 3.05) is 13.1 Å². The molecule has 1 saturated heterocycles. The van der Waals surface area contributed by atoms with Gasteiger partial charge in [0.2, 0.25) is 0 Å². The van der Waals surface area contributed by atoms with Crippen molar-refractivity contribution in [3.63, 3.8) is 0 Å². The number of benzene rings is 2. The van der Waals surface area contributed by atoms with E-state index in [0.29, 0.717) is 11.3 Å². The van der Waals surface area contributed by atoms with Crippen molar-refractivity contribution < 1.29 is 4.79 Å². The SMILES string of the molecule is O=C(c1c(-c2ccccc2)nnc2ccccc12)N1CCCCCC1. The summed E-state index contributed by atoms with van der Waals surface area (Å²) in [4.78, 5) is 15.4. The van der Waals surface area contributed by atoms with Crippen LogP contribution in [0.15, 0.2) is 54.6 Å². The number of rotatable bonds is 2. The molecule has 1 aliphatic rings. The van der Waals surface area contributed by atoms with Crippen LogP contribution >= 0.6 is 0 Å². The molecule has 0 aliphatic carbocycles. The summed E-state index contributed by atoms with van der Waals surface area (Å²) in [6.45, 7) is 1.65. The fourth-order valence-electron chi connectivity index (χ4n) is 3.50. The molecule has 1 amide bonds. The maximum atomic E-state index is 13.4. The van der Waals surface area contributed by atoms with Gasteiger partial charge in [0.05, 0.1) is 11.1 Å². The third-order valence-electron chi connectivity index (χ3n) is 4.82. The van der Waals surface area contributed by atoms with Gasteiger partial charge in [-0.15, -0.1) is 10.2 Å². The molecule has 0 radical (unpaired) electrons. The predicted octanol–water partition coefficient (Wildman–Crippen LogP) is 4.31. The van der Waals surface area contributed by atoms with Crippen molar-refractivity contribution in [1.82, 2.24) is 15.1 Å². The number of hydrogen-bond acceptors (Lipinski definition) is 3. The monoisotopic (exact) mass is 331 g/mol. The number of aromatic nitrogens is 2. The Morgan fingerprint density at radius 3 is 2.24 bits per heavy atom. The topological polar surface area (TPSA) is 46.1 Å². The lowest BCUT2D eigenvalue weighted by Gasteiger charge is -2.22. The van der Waals surface area contributed by atoms with E-state index < -0.39 is 0 Å². The second kappa shape index (κ2) is 7.01. The first kappa shape index (κ1) is 15.8. The number of amides is 1. The van der Waals surface area contributed by atoms with E-state index in [-0.39, 0.29) is 5.91 Å². The van der Waals surface area contributed by atoms with Gasteiger partial charge in [-0.05, 0) is 18.9 Å². The van der Waals surface area contributed by atoms with Crippen LogP contribution in [0.4, 0.5) is 0 Å². The Bertz CT molecular complexity index is 884. The van der Waals surface area contributed by atoms with Gasteiger partial charge in [-0.3, -0.25) is 4.79 Å². The molecule has 4 heteroatoms. The number of fused-ring (bicyclic) bond motifs is 1. The molecule has 1 aliphatic heterocycles. The lowest BCUT2D eigenvalue weighted by atomic mass is 10.0. The molecule has 0 bridgehead atoms. The highest BCUT2D eigenvalue weighted by atomic mass is 16.2. The van der Waals surface area contributed by atoms with Crippen molar-refractivity contribution in [2.45, 2.75) is 25.7 Å². The van der Waals surface area contributed by atoms with Gasteiger partial charge in [-0.25, -0.2) is 0 Å². The second-order valence-electron chi connectivity index (χ2n) is 6.51. The molecule has 126 valence electrons. The van der Waals surface area contributed by atoms with Crippen LogP contribution in [0.2, 0.25) is 0 Å². The van der Waals surface area contributed by atoms with Crippen LogP contribution in [0.5, 0.6) is 0 Å². The molecule has 0 atom stereocenters. The standard InChI is InChI=1S/C21H21N3O/c25-21(24-14-8-1-2-9-15-24)19-17-12-6-7-13-18(17)22-23-20(19)16-10-4-3-5-11-16/h3-7,10-13H,1-2,8-9,14-15H2. The highest BCUT2D eigenvalue weighted by Gasteiger charge is 2.24. The molecular formula is C21H21N3O. The van der Waals surface area contributed by atoms with Gasteiger partial charge >= 0.3 is 0 Å². The summed E-state index contributed by atoms with van der Waals surface area (Å²) in [6, 6.07) is 17.6. The van der Waals surface area contributed by atoms with Gasteiger partial charge in [-0.1, -0.05) is 61.4 Å². The summed E-state index contributed by atoms with van der Waals surface area (Å²) in [7, 11) is 0. The average Bonchev–Trinajstić information content (AvgIpc) is 2.97. The van der Waals surface area contributed by atoms with Crippen molar-refractivity contribution >= 4 is 16.8 Å². The highest BCUT2D eigenvalue weighted by molar-refractivity contribution is 6.10. The highest BCUT2D eigenvalue weighted by Crippen LogP contribution is 2.28. The first-order valence-corrected chi connectivity index (χ1v) is 8.95. The Morgan fingerprint density at radius 1 is 0.800 bits per heavy atom. The number of carbonyl (C=O) groups is 1. The maximum absolute atomic E-state index is 13.4. The number of nitrogens with zero attached hydrogens (tertiary/aromatic N) is 3. The third kappa shape index (κ3) is 3.12. The largest absolute Gasteiger partial charge is 0.339 e. The number of hydrogen-bond donors (Lipinski definition) is 0. The maximum Gasteiger partial charge on any atom is 0.256 e. The zero-order valence-electron chi connectivity index (χ0n) is 14.2. The summed E-state index contributed by atoms with van der Waals surface area (Å²) < 4.78 is 0. The first-order valence-electron chi connectivity index (χ1n) is 8.95. The van der Waals surface area contributed by atoms with E-state index >= 15 is 0 Å². The minimum atomic E-state index is 0.0758. The van der Waals surface area contributed by atoms with Crippen molar-refractivity contribution in [1.29, 1.82) is 0 Å². The minimum absolute atomic E-state index is 0.0758. The summed E-state index contributed by atoms with van der Waals surface area (Å²) in [5.74, 6) is 0.0758. The van der Waals surface area contributed by atoms with Crippen molar-refractivity contribution in [3.05, 3.63) is 60.2 Å². The van der Waals surface area contributed by atoms with E-state index in [2.05, 4.69) is 10.2 Å². The van der Waals surface area contributed by atoms with Crippen LogP contribution in [0.1, 0.15) is 36.0 Å². The first-order chi connectivity index (χ1) is 12.3. The van der Waals surface area contributed by atoms with Crippen LogP contribution < -0.4 is 0 Å². The van der Waals surface area contributed by atoms with Crippen LogP contribution in [-0.2, 0) is 0 Å². The zero-order chi connectivity index (χ0) is 17.1. The third-order valence-corrected chi connectivity index (χ3v) is 4.82. The fourth-order valence-corrected chi connectivity index (χ4v) is 3.50. The van der Waals surface area contributed by atoms with Gasteiger partial charge in [0.25, 0.3) is 5.91 Å². The smallest absolute Gasteiger partial charge is 0.256 e. The Balaban J connectivity index is 1.88. The van der Waals surface area contributed by atoms with E-state index in [0.717, 1.165) is 42.4 Å². The van der Waals surface area contributed by atoms with Gasteiger partial charge in [0, 0.05) is 24.0 Å². The molecule has 1 fully saturated rings. The van der Waals surface area contributed by atoms with Crippen LogP contribution in [0.3, 0.4) is 0 Å². The minimum Gasteiger partial charge on any atom is -0.339 e. The molecule has 2 aromatic carbocycles. The van der Waals surface area contributed by atoms with E-state index in [1.54, 1.807) is 0 Å². The average molecular weight is 331 g/mol. The molecule has 4 nitrogen and oxygen atoms in total. The molecule has 1 aromatic heterocycles. The van der Waals surface area contributed by atoms with E-state index in [4.69, 9.17) is 0 Å². The van der Waals surface area contributed by atoms with E-state index in [9.17, 15) is 4.79 Å². The van der Waals surface area contributed by atoms with Gasteiger partial charge in [0.15, 0.2) is 0 Å². The number of likely N-dealkylation sites (tertiary alicyclic amines) is 1. The predicted molar refractivity (Wildman–Crippen MR) is 99.3 cm³/mol. The Labute approximate surface area is 147 Å². The quantitative estimate of drug-likeness (QED) is 0.703. The fraction of sp³-hybridized carbons (Fsp3) is 0.286. The van der Waals surface area contributed by atoms with Crippen LogP contribution in [-0.4, -0.2) is 34.1 Å². The van der Waals surface area contributed by atoms with Crippen molar-refractivity contribution in [2.24, 2.45) is 0 Å². The summed E-state index contributed by atoms with van der Waals surface area (Å²) >= 11 is 0. The molecule has 0 saturated carbocycles. The molecule has 2 heterocycles. The Hall–Kier alpha value is -2.75. The Morgan fingerprint density at radius 2 is 1.48 bits per heavy atom. The summed E-state index contributed by atoms with van der Waals surface area (Å²) in [6.07, 6.45) is 4.54. The lowest BCUT2D eigenvalue weighted by molar-refractivity contribution is 0.0764. The number of carbonyl (C=O) groups excluding carboxylic acids is 1. The van der Waals surface area contributed by atoms with E-state index in [1.165, 1.54) is 12.8 Å². The lowest BCUT2D eigenvalue weighted by Crippen LogP contribution is -2.32. The summed E-state index contributed by atoms with van der Waals surface area (Å²) in [5.41, 5.74) is 3.05. The van der Waals surface area contributed by atoms with Crippen molar-refractivity contribution in [3.8, 4) is 11.3 Å².